The van der Waals surface area contributed by atoms with Gasteiger partial charge in [-0.1, -0.05) is 0 Å². The molecule has 1 fully saturated rings. The number of benzene rings is 1. The highest BCUT2D eigenvalue weighted by Crippen LogP contribution is 2.25. The molecule has 2 N–H and O–H groups in total. The maximum Gasteiger partial charge on any atom is 0.253 e. The Kier molecular flexibility index (Phi) is 6.82. The van der Waals surface area contributed by atoms with Crippen LogP contribution < -0.4 is 14.8 Å². The lowest BCUT2D eigenvalue weighted by atomic mass is 10.1. The second kappa shape index (κ2) is 7.96. The lowest BCUT2D eigenvalue weighted by Gasteiger charge is -2.24. The summed E-state index contributed by atoms with van der Waals surface area (Å²) < 4.78 is 31.4. The van der Waals surface area contributed by atoms with E-state index in [9.17, 15) is 13.2 Å². The predicted octanol–water partition coefficient (Wildman–Crippen LogP) is 0.459. The van der Waals surface area contributed by atoms with Crippen LogP contribution in [0, 0.1) is 0 Å². The van der Waals surface area contributed by atoms with Gasteiger partial charge in [-0.15, -0.1) is 12.4 Å². The molecular formula is C14H22ClN3O4S. The van der Waals surface area contributed by atoms with Crippen molar-refractivity contribution in [3.8, 4) is 5.75 Å². The zero-order valence-corrected chi connectivity index (χ0v) is 15.0. The molecule has 2 rings (SSSR count). The Morgan fingerprint density at radius 3 is 2.65 bits per heavy atom. The van der Waals surface area contributed by atoms with Crippen molar-refractivity contribution < 1.29 is 17.9 Å². The Morgan fingerprint density at radius 2 is 2.13 bits per heavy atom. The van der Waals surface area contributed by atoms with Gasteiger partial charge in [0.25, 0.3) is 5.91 Å². The molecule has 0 radical (unpaired) electrons. The monoisotopic (exact) mass is 363 g/mol. The fraction of sp³-hybridized carbons (Fsp3) is 0.500. The number of ether oxygens (including phenoxy) is 1. The van der Waals surface area contributed by atoms with Crippen LogP contribution >= 0.6 is 12.4 Å². The molecule has 7 nitrogen and oxygen atoms in total. The van der Waals surface area contributed by atoms with Crippen LogP contribution in [0.5, 0.6) is 5.75 Å². The summed E-state index contributed by atoms with van der Waals surface area (Å²) in [4.78, 5) is 14.2. The van der Waals surface area contributed by atoms with Crippen molar-refractivity contribution in [2.24, 2.45) is 0 Å². The van der Waals surface area contributed by atoms with Crippen molar-refractivity contribution in [2.45, 2.75) is 17.4 Å². The molecule has 1 aliphatic rings. The van der Waals surface area contributed by atoms with Gasteiger partial charge in [0, 0.05) is 25.2 Å². The van der Waals surface area contributed by atoms with Gasteiger partial charge in [0.1, 0.15) is 10.6 Å². The van der Waals surface area contributed by atoms with E-state index in [4.69, 9.17) is 4.74 Å². The van der Waals surface area contributed by atoms with Crippen LogP contribution in [0.25, 0.3) is 0 Å². The Hall–Kier alpha value is -1.35. The van der Waals surface area contributed by atoms with Gasteiger partial charge in [-0.3, -0.25) is 4.79 Å². The molecule has 1 unspecified atom stereocenters. The minimum atomic E-state index is -3.70. The minimum absolute atomic E-state index is 0. The average Bonchev–Trinajstić information content (AvgIpc) is 3.07. The number of methoxy groups -OCH3 is 1. The predicted molar refractivity (Wildman–Crippen MR) is 89.9 cm³/mol. The zero-order valence-electron chi connectivity index (χ0n) is 13.3. The summed E-state index contributed by atoms with van der Waals surface area (Å²) in [6.07, 6.45) is 0.889. The zero-order chi connectivity index (χ0) is 16.3. The number of sulfonamides is 1. The number of likely N-dealkylation sites (N-methyl/N-ethyl adjacent to an activating group) is 1. The van der Waals surface area contributed by atoms with E-state index >= 15 is 0 Å². The van der Waals surface area contributed by atoms with Crippen molar-refractivity contribution in [3.63, 3.8) is 0 Å². The Morgan fingerprint density at radius 1 is 1.43 bits per heavy atom. The average molecular weight is 364 g/mol. The SMILES string of the molecule is CNS(=O)(=O)c1cc(C(=O)N(C)C2CCNC2)ccc1OC.Cl. The molecule has 9 heteroatoms. The molecule has 0 aromatic heterocycles. The van der Waals surface area contributed by atoms with Gasteiger partial charge in [-0.05, 0) is 38.2 Å². The first-order valence-electron chi connectivity index (χ1n) is 7.00. The van der Waals surface area contributed by atoms with Gasteiger partial charge in [0.15, 0.2) is 0 Å². The van der Waals surface area contributed by atoms with Crippen LogP contribution in [-0.4, -0.2) is 59.6 Å². The van der Waals surface area contributed by atoms with Crippen LogP contribution in [0.4, 0.5) is 0 Å². The first-order chi connectivity index (χ1) is 10.4. The summed E-state index contributed by atoms with van der Waals surface area (Å²) in [5.41, 5.74) is 0.323. The minimum Gasteiger partial charge on any atom is -0.495 e. The van der Waals surface area contributed by atoms with Crippen molar-refractivity contribution in [2.75, 3.05) is 34.3 Å². The van der Waals surface area contributed by atoms with E-state index < -0.39 is 10.0 Å². The van der Waals surface area contributed by atoms with Crippen LogP contribution in [0.1, 0.15) is 16.8 Å². The van der Waals surface area contributed by atoms with Gasteiger partial charge >= 0.3 is 0 Å². The number of carbonyl (C=O) groups excluding carboxylic acids is 1. The molecule has 0 aliphatic carbocycles. The number of nitrogens with one attached hydrogen (secondary N) is 2. The van der Waals surface area contributed by atoms with Crippen LogP contribution in [0.2, 0.25) is 0 Å². The summed E-state index contributed by atoms with van der Waals surface area (Å²) >= 11 is 0. The highest BCUT2D eigenvalue weighted by atomic mass is 35.5. The maximum absolute atomic E-state index is 12.5. The third-order valence-corrected chi connectivity index (χ3v) is 5.31. The fourth-order valence-corrected chi connectivity index (χ4v) is 3.39. The van der Waals surface area contributed by atoms with Crippen molar-refractivity contribution in [1.29, 1.82) is 0 Å². The highest BCUT2D eigenvalue weighted by molar-refractivity contribution is 7.89. The van der Waals surface area contributed by atoms with Crippen molar-refractivity contribution in [3.05, 3.63) is 23.8 Å². The molecule has 0 bridgehead atoms. The first kappa shape index (κ1) is 19.7. The molecule has 1 saturated heterocycles. The summed E-state index contributed by atoms with van der Waals surface area (Å²) in [7, 11) is 0.743. The number of rotatable bonds is 5. The highest BCUT2D eigenvalue weighted by Gasteiger charge is 2.26. The van der Waals surface area contributed by atoms with Gasteiger partial charge in [-0.2, -0.15) is 0 Å². The van der Waals surface area contributed by atoms with E-state index in [1.807, 2.05) is 0 Å². The first-order valence-corrected chi connectivity index (χ1v) is 8.48. The van der Waals surface area contributed by atoms with Gasteiger partial charge < -0.3 is 15.0 Å². The van der Waals surface area contributed by atoms with Gasteiger partial charge in [-0.25, -0.2) is 13.1 Å². The summed E-state index contributed by atoms with van der Waals surface area (Å²) in [6, 6.07) is 4.55. The molecule has 1 amide bonds. The van der Waals surface area contributed by atoms with E-state index in [1.54, 1.807) is 18.0 Å². The van der Waals surface area contributed by atoms with Crippen LogP contribution in [-0.2, 0) is 10.0 Å². The van der Waals surface area contributed by atoms with Gasteiger partial charge in [0.05, 0.1) is 7.11 Å². The molecule has 130 valence electrons. The molecule has 0 spiro atoms. The Labute approximate surface area is 142 Å². The molecule has 1 aliphatic heterocycles. The molecule has 1 aromatic rings. The lowest BCUT2D eigenvalue weighted by Crippen LogP contribution is -2.38. The van der Waals surface area contributed by atoms with E-state index in [-0.39, 0.29) is 35.0 Å². The van der Waals surface area contributed by atoms with Crippen LogP contribution in [0.15, 0.2) is 23.1 Å². The number of halogens is 1. The fourth-order valence-electron chi connectivity index (χ4n) is 2.47. The van der Waals surface area contributed by atoms with E-state index in [1.165, 1.54) is 26.3 Å². The smallest absolute Gasteiger partial charge is 0.253 e. The largest absolute Gasteiger partial charge is 0.495 e. The van der Waals surface area contributed by atoms with Gasteiger partial charge in [0.2, 0.25) is 10.0 Å². The van der Waals surface area contributed by atoms with Crippen molar-refractivity contribution >= 4 is 28.3 Å². The third kappa shape index (κ3) is 4.14. The van der Waals surface area contributed by atoms with Crippen molar-refractivity contribution in [1.82, 2.24) is 14.9 Å². The van der Waals surface area contributed by atoms with E-state index in [0.717, 1.165) is 19.5 Å². The molecule has 1 aromatic carbocycles. The summed E-state index contributed by atoms with van der Waals surface area (Å²) in [6.45, 7) is 1.63. The quantitative estimate of drug-likeness (QED) is 0.793. The molecule has 0 saturated carbocycles. The van der Waals surface area contributed by atoms with E-state index in [0.29, 0.717) is 5.56 Å². The molecular weight excluding hydrogens is 342 g/mol. The normalized spacial score (nSPS) is 17.4. The number of carbonyl (C=O) groups is 1. The Bertz CT molecular complexity index is 660. The second-order valence-electron chi connectivity index (χ2n) is 5.14. The maximum atomic E-state index is 12.5. The standard InChI is InChI=1S/C14H21N3O4S.ClH/c1-15-22(19,20)13-8-10(4-5-12(13)21-3)14(18)17(2)11-6-7-16-9-11;/h4-5,8,11,15-16H,6-7,9H2,1-3H3;1H. The number of amides is 1. The lowest BCUT2D eigenvalue weighted by molar-refractivity contribution is 0.0743. The molecule has 23 heavy (non-hydrogen) atoms. The number of hydrogen-bond donors (Lipinski definition) is 2. The third-order valence-electron chi connectivity index (χ3n) is 3.87. The van der Waals surface area contributed by atoms with Crippen LogP contribution in [0.3, 0.4) is 0 Å². The number of nitrogens with zero attached hydrogens (tertiary/aromatic N) is 1. The number of hydrogen-bond acceptors (Lipinski definition) is 5. The summed E-state index contributed by atoms with van der Waals surface area (Å²) in [5, 5.41) is 3.20. The Balaban J connectivity index is 0.00000264. The molecule has 1 atom stereocenters. The topological polar surface area (TPSA) is 87.7 Å². The van der Waals surface area contributed by atoms with E-state index in [2.05, 4.69) is 10.0 Å². The summed E-state index contributed by atoms with van der Waals surface area (Å²) in [5.74, 6) is -0.00000719. The second-order valence-corrected chi connectivity index (χ2v) is 6.99. The molecule has 1 heterocycles.